The molecule has 1 rings (SSSR count). The lowest BCUT2D eigenvalue weighted by atomic mass is 10.1. The van der Waals surface area contributed by atoms with Crippen molar-refractivity contribution in [2.24, 2.45) is 5.73 Å². The van der Waals surface area contributed by atoms with Gasteiger partial charge in [-0.15, -0.1) is 0 Å². The molecular weight excluding hydrogens is 270 g/mol. The molecule has 0 aliphatic rings. The van der Waals surface area contributed by atoms with E-state index in [1.807, 2.05) is 12.1 Å². The predicted molar refractivity (Wildman–Crippen MR) is 81.0 cm³/mol. The van der Waals surface area contributed by atoms with Crippen molar-refractivity contribution < 1.29 is 14.3 Å². The fourth-order valence-corrected chi connectivity index (χ4v) is 1.76. The number of carbonyl (C=O) groups is 2. The van der Waals surface area contributed by atoms with E-state index in [-0.39, 0.29) is 18.2 Å². The van der Waals surface area contributed by atoms with E-state index in [1.54, 1.807) is 19.2 Å². The molecular formula is C15H23N3O3. The number of nitrogens with two attached hydrogens (primary N) is 1. The van der Waals surface area contributed by atoms with Gasteiger partial charge < -0.3 is 21.1 Å². The number of ether oxygens (including phenoxy) is 1. The van der Waals surface area contributed by atoms with Gasteiger partial charge in [-0.05, 0) is 30.7 Å². The van der Waals surface area contributed by atoms with Crippen molar-refractivity contribution in [2.75, 3.05) is 33.4 Å². The summed E-state index contributed by atoms with van der Waals surface area (Å²) in [7, 11) is 1.57. The Morgan fingerprint density at radius 1 is 1.14 bits per heavy atom. The molecule has 1 aromatic carbocycles. The lowest BCUT2D eigenvalue weighted by Crippen LogP contribution is -2.32. The molecule has 21 heavy (non-hydrogen) atoms. The van der Waals surface area contributed by atoms with Gasteiger partial charge in [-0.1, -0.05) is 12.1 Å². The van der Waals surface area contributed by atoms with E-state index < -0.39 is 0 Å². The molecule has 4 N–H and O–H groups in total. The third-order valence-electron chi connectivity index (χ3n) is 2.92. The average molecular weight is 293 g/mol. The SMILES string of the molecule is COCCNC(=O)CCNC(=O)c1ccc(CCN)cc1. The van der Waals surface area contributed by atoms with E-state index in [1.165, 1.54) is 0 Å². The highest BCUT2D eigenvalue weighted by Gasteiger charge is 2.06. The summed E-state index contributed by atoms with van der Waals surface area (Å²) in [6.45, 7) is 1.85. The average Bonchev–Trinajstić information content (AvgIpc) is 2.48. The van der Waals surface area contributed by atoms with Gasteiger partial charge in [-0.25, -0.2) is 0 Å². The van der Waals surface area contributed by atoms with Crippen molar-refractivity contribution in [3.63, 3.8) is 0 Å². The number of amides is 2. The third-order valence-corrected chi connectivity index (χ3v) is 2.92. The number of carbonyl (C=O) groups excluding carboxylic acids is 2. The van der Waals surface area contributed by atoms with Crippen LogP contribution in [0.15, 0.2) is 24.3 Å². The van der Waals surface area contributed by atoms with Gasteiger partial charge in [-0.3, -0.25) is 9.59 Å². The van der Waals surface area contributed by atoms with Crippen LogP contribution in [0.4, 0.5) is 0 Å². The van der Waals surface area contributed by atoms with Crippen LogP contribution in [-0.2, 0) is 16.0 Å². The summed E-state index contributed by atoms with van der Waals surface area (Å²) < 4.78 is 4.83. The first-order valence-electron chi connectivity index (χ1n) is 7.00. The summed E-state index contributed by atoms with van der Waals surface area (Å²) in [5.41, 5.74) is 7.15. The molecule has 6 heteroatoms. The van der Waals surface area contributed by atoms with Gasteiger partial charge in [0.1, 0.15) is 0 Å². The molecule has 0 aliphatic carbocycles. The zero-order chi connectivity index (χ0) is 15.5. The number of hydrogen-bond acceptors (Lipinski definition) is 4. The molecule has 0 saturated carbocycles. The van der Waals surface area contributed by atoms with E-state index in [4.69, 9.17) is 10.5 Å². The van der Waals surface area contributed by atoms with Crippen LogP contribution in [0.25, 0.3) is 0 Å². The minimum absolute atomic E-state index is 0.106. The zero-order valence-corrected chi connectivity index (χ0v) is 12.4. The maximum Gasteiger partial charge on any atom is 0.251 e. The van der Waals surface area contributed by atoms with Crippen molar-refractivity contribution in [3.8, 4) is 0 Å². The van der Waals surface area contributed by atoms with Crippen LogP contribution in [0.1, 0.15) is 22.3 Å². The molecule has 0 radical (unpaired) electrons. The minimum Gasteiger partial charge on any atom is -0.383 e. The molecule has 0 unspecified atom stereocenters. The maximum absolute atomic E-state index is 11.9. The number of nitrogens with one attached hydrogen (secondary N) is 2. The van der Waals surface area contributed by atoms with Crippen molar-refractivity contribution in [1.82, 2.24) is 10.6 Å². The Labute approximate surface area is 125 Å². The fourth-order valence-electron chi connectivity index (χ4n) is 1.76. The summed E-state index contributed by atoms with van der Waals surface area (Å²) in [4.78, 5) is 23.3. The van der Waals surface area contributed by atoms with Crippen LogP contribution in [0, 0.1) is 0 Å². The summed E-state index contributed by atoms with van der Waals surface area (Å²) >= 11 is 0. The highest BCUT2D eigenvalue weighted by atomic mass is 16.5. The second-order valence-electron chi connectivity index (χ2n) is 4.58. The summed E-state index contributed by atoms with van der Waals surface area (Å²) in [6.07, 6.45) is 1.05. The third kappa shape index (κ3) is 6.87. The van der Waals surface area contributed by atoms with Crippen LogP contribution in [0.3, 0.4) is 0 Å². The maximum atomic E-state index is 11.9. The number of benzene rings is 1. The van der Waals surface area contributed by atoms with Gasteiger partial charge in [0.25, 0.3) is 5.91 Å². The van der Waals surface area contributed by atoms with Crippen molar-refractivity contribution in [3.05, 3.63) is 35.4 Å². The standard InChI is InChI=1S/C15H23N3O3/c1-21-11-10-17-14(19)7-9-18-15(20)13-4-2-12(3-5-13)6-8-16/h2-5H,6-11,16H2,1H3,(H,17,19)(H,18,20). The Bertz CT molecular complexity index is 446. The molecule has 0 saturated heterocycles. The highest BCUT2D eigenvalue weighted by molar-refractivity contribution is 5.94. The second kappa shape index (κ2) is 9.90. The van der Waals surface area contributed by atoms with E-state index in [2.05, 4.69) is 10.6 Å². The van der Waals surface area contributed by atoms with Gasteiger partial charge in [-0.2, -0.15) is 0 Å². The molecule has 0 atom stereocenters. The van der Waals surface area contributed by atoms with E-state index in [0.717, 1.165) is 12.0 Å². The monoisotopic (exact) mass is 293 g/mol. The smallest absolute Gasteiger partial charge is 0.251 e. The van der Waals surface area contributed by atoms with Crippen molar-refractivity contribution in [2.45, 2.75) is 12.8 Å². The lowest BCUT2D eigenvalue weighted by molar-refractivity contribution is -0.121. The van der Waals surface area contributed by atoms with Gasteiger partial charge in [0, 0.05) is 32.2 Å². The molecule has 1 aromatic rings. The first kappa shape index (κ1) is 17.1. The topological polar surface area (TPSA) is 93.5 Å². The van der Waals surface area contributed by atoms with Gasteiger partial charge >= 0.3 is 0 Å². The number of methoxy groups -OCH3 is 1. The van der Waals surface area contributed by atoms with Crippen LogP contribution in [-0.4, -0.2) is 45.2 Å². The fraction of sp³-hybridized carbons (Fsp3) is 0.467. The van der Waals surface area contributed by atoms with Crippen LogP contribution < -0.4 is 16.4 Å². The lowest BCUT2D eigenvalue weighted by Gasteiger charge is -2.07. The normalized spacial score (nSPS) is 10.2. The molecule has 6 nitrogen and oxygen atoms in total. The Morgan fingerprint density at radius 2 is 1.86 bits per heavy atom. The largest absolute Gasteiger partial charge is 0.383 e. The molecule has 0 fully saturated rings. The molecule has 116 valence electrons. The number of hydrogen-bond donors (Lipinski definition) is 3. The van der Waals surface area contributed by atoms with E-state index >= 15 is 0 Å². The first-order valence-corrected chi connectivity index (χ1v) is 7.00. The first-order chi connectivity index (χ1) is 10.2. The highest BCUT2D eigenvalue weighted by Crippen LogP contribution is 2.04. The van der Waals surface area contributed by atoms with Gasteiger partial charge in [0.2, 0.25) is 5.91 Å². The molecule has 0 spiro atoms. The molecule has 0 heterocycles. The van der Waals surface area contributed by atoms with Gasteiger partial charge in [0.15, 0.2) is 0 Å². The van der Waals surface area contributed by atoms with Gasteiger partial charge in [0.05, 0.1) is 6.61 Å². The molecule has 0 aromatic heterocycles. The van der Waals surface area contributed by atoms with Crippen molar-refractivity contribution in [1.29, 1.82) is 0 Å². The molecule has 0 aliphatic heterocycles. The second-order valence-corrected chi connectivity index (χ2v) is 4.58. The Morgan fingerprint density at radius 3 is 2.48 bits per heavy atom. The van der Waals surface area contributed by atoms with Crippen LogP contribution in [0.5, 0.6) is 0 Å². The summed E-state index contributed by atoms with van der Waals surface area (Å²) in [5, 5.41) is 5.41. The van der Waals surface area contributed by atoms with Crippen molar-refractivity contribution >= 4 is 11.8 Å². The summed E-state index contributed by atoms with van der Waals surface area (Å²) in [5.74, 6) is -0.287. The Hall–Kier alpha value is -1.92. The zero-order valence-electron chi connectivity index (χ0n) is 12.4. The number of rotatable bonds is 9. The Kier molecular flexibility index (Phi) is 8.08. The van der Waals surface area contributed by atoms with Crippen LogP contribution in [0.2, 0.25) is 0 Å². The molecule has 0 bridgehead atoms. The minimum atomic E-state index is -0.181. The van der Waals surface area contributed by atoms with E-state index in [9.17, 15) is 9.59 Å². The summed E-state index contributed by atoms with van der Waals surface area (Å²) in [6, 6.07) is 7.30. The quantitative estimate of drug-likeness (QED) is 0.562. The Balaban J connectivity index is 2.28. The van der Waals surface area contributed by atoms with Crippen LogP contribution >= 0.6 is 0 Å². The molecule has 2 amide bonds. The predicted octanol–water partition coefficient (Wildman–Crippen LogP) is 0.0703. The van der Waals surface area contributed by atoms with E-state index in [0.29, 0.717) is 31.8 Å².